The third-order valence-corrected chi connectivity index (χ3v) is 3.06. The maximum Gasteiger partial charge on any atom is 0.188 e. The van der Waals surface area contributed by atoms with Crippen LogP contribution in [0.3, 0.4) is 0 Å². The Balaban J connectivity index is 2.38. The van der Waals surface area contributed by atoms with Crippen LogP contribution in [0.5, 0.6) is 0 Å². The predicted octanol–water partition coefficient (Wildman–Crippen LogP) is 3.57. The molecule has 0 spiro atoms. The zero-order valence-electron chi connectivity index (χ0n) is 10.4. The highest BCUT2D eigenvalue weighted by atomic mass is 32.2. The molecule has 0 aliphatic carbocycles. The molecule has 0 saturated carbocycles. The van der Waals surface area contributed by atoms with Crippen molar-refractivity contribution in [3.8, 4) is 0 Å². The van der Waals surface area contributed by atoms with Crippen LogP contribution in [0.25, 0.3) is 0 Å². The van der Waals surface area contributed by atoms with E-state index in [9.17, 15) is 4.79 Å². The molecule has 0 aliphatic rings. The van der Waals surface area contributed by atoms with Crippen LogP contribution >= 0.6 is 11.8 Å². The molecule has 17 heavy (non-hydrogen) atoms. The summed E-state index contributed by atoms with van der Waals surface area (Å²) in [6.45, 7) is 6.44. The lowest BCUT2D eigenvalue weighted by molar-refractivity contribution is 0.0765. The molecule has 0 atom stereocenters. The van der Waals surface area contributed by atoms with Crippen molar-refractivity contribution in [1.29, 1.82) is 0 Å². The average Bonchev–Trinajstić information content (AvgIpc) is 2.34. The van der Waals surface area contributed by atoms with E-state index in [1.54, 1.807) is 11.8 Å². The molecule has 1 rings (SSSR count). The van der Waals surface area contributed by atoms with Gasteiger partial charge in [0.25, 0.3) is 0 Å². The molecular weight excluding hydrogens is 232 g/mol. The number of hydrogen-bond donors (Lipinski definition) is 0. The lowest BCUT2D eigenvalue weighted by Crippen LogP contribution is -2.09. The SMILES string of the molecule is C=C(C)CCOCC(=O)c1ccc(SC)cc1. The molecule has 0 aliphatic heterocycles. The Morgan fingerprint density at radius 2 is 2.00 bits per heavy atom. The maximum absolute atomic E-state index is 11.7. The zero-order chi connectivity index (χ0) is 12.7. The van der Waals surface area contributed by atoms with Gasteiger partial charge in [0.15, 0.2) is 5.78 Å². The van der Waals surface area contributed by atoms with E-state index in [4.69, 9.17) is 4.74 Å². The largest absolute Gasteiger partial charge is 0.373 e. The van der Waals surface area contributed by atoms with Gasteiger partial charge in [-0.3, -0.25) is 4.79 Å². The van der Waals surface area contributed by atoms with Gasteiger partial charge >= 0.3 is 0 Å². The lowest BCUT2D eigenvalue weighted by atomic mass is 10.1. The van der Waals surface area contributed by atoms with Gasteiger partial charge in [-0.2, -0.15) is 0 Å². The first kappa shape index (κ1) is 14.0. The van der Waals surface area contributed by atoms with Crippen LogP contribution in [0, 0.1) is 0 Å². The molecule has 0 saturated heterocycles. The van der Waals surface area contributed by atoms with Gasteiger partial charge in [0.1, 0.15) is 6.61 Å². The van der Waals surface area contributed by atoms with Gasteiger partial charge in [-0.05, 0) is 31.7 Å². The van der Waals surface area contributed by atoms with Crippen molar-refractivity contribution in [1.82, 2.24) is 0 Å². The third kappa shape index (κ3) is 5.20. The van der Waals surface area contributed by atoms with E-state index in [1.165, 1.54) is 0 Å². The van der Waals surface area contributed by atoms with Gasteiger partial charge in [0.05, 0.1) is 6.61 Å². The number of Topliss-reactive ketones (excluding diaryl/α,β-unsaturated/α-hetero) is 1. The van der Waals surface area contributed by atoms with Crippen molar-refractivity contribution >= 4 is 17.5 Å². The fraction of sp³-hybridized carbons (Fsp3) is 0.357. The quantitative estimate of drug-likeness (QED) is 0.320. The van der Waals surface area contributed by atoms with Gasteiger partial charge in [0, 0.05) is 10.5 Å². The molecule has 0 fully saturated rings. The minimum absolute atomic E-state index is 0.0272. The second kappa shape index (κ2) is 7.30. The van der Waals surface area contributed by atoms with Crippen molar-refractivity contribution in [2.45, 2.75) is 18.2 Å². The zero-order valence-corrected chi connectivity index (χ0v) is 11.2. The van der Waals surface area contributed by atoms with Crippen LogP contribution < -0.4 is 0 Å². The fourth-order valence-corrected chi connectivity index (χ4v) is 1.68. The van der Waals surface area contributed by atoms with Crippen molar-refractivity contribution in [2.75, 3.05) is 19.5 Å². The van der Waals surface area contributed by atoms with Gasteiger partial charge in [-0.15, -0.1) is 18.3 Å². The van der Waals surface area contributed by atoms with Gasteiger partial charge in [0.2, 0.25) is 0 Å². The van der Waals surface area contributed by atoms with E-state index in [0.717, 1.165) is 16.9 Å². The van der Waals surface area contributed by atoms with Crippen LogP contribution in [0.1, 0.15) is 23.7 Å². The summed E-state index contributed by atoms with van der Waals surface area (Å²) in [5.41, 5.74) is 1.78. The van der Waals surface area contributed by atoms with E-state index < -0.39 is 0 Å². The Morgan fingerprint density at radius 3 is 2.53 bits per heavy atom. The highest BCUT2D eigenvalue weighted by Crippen LogP contribution is 2.15. The van der Waals surface area contributed by atoms with Crippen LogP contribution in [-0.4, -0.2) is 25.3 Å². The molecule has 0 aromatic heterocycles. The highest BCUT2D eigenvalue weighted by Gasteiger charge is 2.05. The first-order chi connectivity index (χ1) is 8.13. The number of carbonyl (C=O) groups excluding carboxylic acids is 1. The number of thioether (sulfide) groups is 1. The Morgan fingerprint density at radius 1 is 1.35 bits per heavy atom. The third-order valence-electron chi connectivity index (χ3n) is 2.32. The van der Waals surface area contributed by atoms with E-state index >= 15 is 0 Å². The normalized spacial score (nSPS) is 10.2. The molecule has 0 radical (unpaired) electrons. The minimum Gasteiger partial charge on any atom is -0.373 e. The van der Waals surface area contributed by atoms with Crippen LogP contribution in [0.2, 0.25) is 0 Å². The standard InChI is InChI=1S/C14H18O2S/c1-11(2)8-9-16-10-14(15)12-4-6-13(17-3)7-5-12/h4-7H,1,8-10H2,2-3H3. The summed E-state index contributed by atoms with van der Waals surface area (Å²) in [6.07, 6.45) is 2.82. The molecule has 1 aromatic rings. The van der Waals surface area contributed by atoms with Gasteiger partial charge < -0.3 is 4.74 Å². The Hall–Kier alpha value is -1.06. The smallest absolute Gasteiger partial charge is 0.188 e. The first-order valence-electron chi connectivity index (χ1n) is 5.53. The average molecular weight is 250 g/mol. The fourth-order valence-electron chi connectivity index (χ4n) is 1.27. The topological polar surface area (TPSA) is 26.3 Å². The molecule has 0 amide bonds. The van der Waals surface area contributed by atoms with E-state index in [-0.39, 0.29) is 12.4 Å². The number of rotatable bonds is 7. The van der Waals surface area contributed by atoms with E-state index in [2.05, 4.69) is 6.58 Å². The van der Waals surface area contributed by atoms with Crippen molar-refractivity contribution in [3.63, 3.8) is 0 Å². The number of ketones is 1. The summed E-state index contributed by atoms with van der Waals surface area (Å²) in [7, 11) is 0. The molecule has 0 unspecified atom stereocenters. The molecule has 2 nitrogen and oxygen atoms in total. The summed E-state index contributed by atoms with van der Waals surface area (Å²) in [5.74, 6) is 0.0272. The van der Waals surface area contributed by atoms with Crippen LogP contribution in [0.15, 0.2) is 41.3 Å². The molecule has 0 N–H and O–H groups in total. The minimum atomic E-state index is 0.0272. The summed E-state index contributed by atoms with van der Waals surface area (Å²) < 4.78 is 5.30. The second-order valence-corrected chi connectivity index (χ2v) is 4.79. The van der Waals surface area contributed by atoms with Crippen LogP contribution in [0.4, 0.5) is 0 Å². The maximum atomic E-state index is 11.7. The predicted molar refractivity (Wildman–Crippen MR) is 72.8 cm³/mol. The second-order valence-electron chi connectivity index (χ2n) is 3.91. The summed E-state index contributed by atoms with van der Waals surface area (Å²) in [4.78, 5) is 12.9. The molecular formula is C14H18O2S. The molecule has 92 valence electrons. The summed E-state index contributed by atoms with van der Waals surface area (Å²) in [5, 5.41) is 0. The van der Waals surface area contributed by atoms with Crippen molar-refractivity contribution < 1.29 is 9.53 Å². The van der Waals surface area contributed by atoms with E-state index in [0.29, 0.717) is 12.2 Å². The molecule has 0 bridgehead atoms. The monoisotopic (exact) mass is 250 g/mol. The van der Waals surface area contributed by atoms with E-state index in [1.807, 2.05) is 37.4 Å². The van der Waals surface area contributed by atoms with Crippen molar-refractivity contribution in [3.05, 3.63) is 42.0 Å². The summed E-state index contributed by atoms with van der Waals surface area (Å²) >= 11 is 1.66. The Labute approximate surface area is 107 Å². The van der Waals surface area contributed by atoms with Crippen LogP contribution in [-0.2, 0) is 4.74 Å². The molecule has 3 heteroatoms. The highest BCUT2D eigenvalue weighted by molar-refractivity contribution is 7.98. The molecule has 1 aromatic carbocycles. The molecule has 0 heterocycles. The number of benzene rings is 1. The van der Waals surface area contributed by atoms with Gasteiger partial charge in [-0.25, -0.2) is 0 Å². The van der Waals surface area contributed by atoms with Gasteiger partial charge in [-0.1, -0.05) is 17.7 Å². The lowest BCUT2D eigenvalue weighted by Gasteiger charge is -2.04. The Bertz CT molecular complexity index is 382. The number of ether oxygens (including phenoxy) is 1. The summed E-state index contributed by atoms with van der Waals surface area (Å²) in [6, 6.07) is 7.59. The van der Waals surface area contributed by atoms with Crippen molar-refractivity contribution in [2.24, 2.45) is 0 Å². The first-order valence-corrected chi connectivity index (χ1v) is 6.75. The Kier molecular flexibility index (Phi) is 6.01. The number of hydrogen-bond acceptors (Lipinski definition) is 3. The number of carbonyl (C=O) groups is 1.